The van der Waals surface area contributed by atoms with Crippen LogP contribution in [-0.2, 0) is 0 Å². The van der Waals surface area contributed by atoms with E-state index in [0.29, 0.717) is 12.0 Å². The van der Waals surface area contributed by atoms with Gasteiger partial charge >= 0.3 is 0 Å². The fourth-order valence-corrected chi connectivity index (χ4v) is 5.18. The zero-order valence-electron chi connectivity index (χ0n) is 18.1. The second-order valence-corrected chi connectivity index (χ2v) is 7.83. The molecule has 0 aromatic heterocycles. The summed E-state index contributed by atoms with van der Waals surface area (Å²) in [6.07, 6.45) is 9.04. The summed E-state index contributed by atoms with van der Waals surface area (Å²) in [5.41, 5.74) is 4.70. The lowest BCUT2D eigenvalue weighted by Crippen LogP contribution is -2.43. The maximum atomic E-state index is 8.45. The van der Waals surface area contributed by atoms with Crippen molar-refractivity contribution >= 4 is 5.69 Å². The van der Waals surface area contributed by atoms with E-state index < -0.39 is 13.0 Å². The monoisotopic (exact) mass is 327 g/mol. The van der Waals surface area contributed by atoms with Gasteiger partial charge in [0.2, 0.25) is 0 Å². The molecule has 1 aliphatic heterocycles. The Bertz CT molecular complexity index is 713. The van der Waals surface area contributed by atoms with E-state index in [9.17, 15) is 0 Å². The number of benzene rings is 1. The van der Waals surface area contributed by atoms with Crippen LogP contribution in [-0.4, -0.2) is 17.1 Å². The highest BCUT2D eigenvalue weighted by Crippen LogP contribution is 2.46. The minimum atomic E-state index is -2.05. The molecule has 0 spiro atoms. The van der Waals surface area contributed by atoms with E-state index in [1.807, 2.05) is 12.1 Å². The van der Waals surface area contributed by atoms with Gasteiger partial charge in [-0.05, 0) is 58.0 Å². The van der Waals surface area contributed by atoms with Gasteiger partial charge in [-0.1, -0.05) is 43.9 Å². The van der Waals surface area contributed by atoms with E-state index >= 15 is 0 Å². The summed E-state index contributed by atoms with van der Waals surface area (Å²) in [4.78, 5) is 4.51. The fraction of sp³-hybridized carbons (Fsp3) is 0.636. The van der Waals surface area contributed by atoms with Gasteiger partial charge in [0.25, 0.3) is 0 Å². The van der Waals surface area contributed by atoms with Crippen LogP contribution in [0, 0.1) is 12.8 Å². The molecule has 2 fully saturated rings. The summed E-state index contributed by atoms with van der Waals surface area (Å²) in [5.74, 6) is 0.518. The third kappa shape index (κ3) is 2.55. The van der Waals surface area contributed by atoms with E-state index in [1.165, 1.54) is 49.9 Å². The number of para-hydroxylation sites is 1. The lowest BCUT2D eigenvalue weighted by atomic mass is 10.00. The zero-order valence-corrected chi connectivity index (χ0v) is 15.1. The van der Waals surface area contributed by atoms with Gasteiger partial charge in [0.1, 0.15) is 6.17 Å². The summed E-state index contributed by atoms with van der Waals surface area (Å²) >= 11 is 0. The topological polar surface area (TPSA) is 6.48 Å². The number of allylic oxidation sites excluding steroid dienone is 2. The Balaban J connectivity index is 1.86. The molecule has 2 nitrogen and oxygen atoms in total. The molecular weight excluding hydrogens is 292 g/mol. The molecule has 1 aromatic rings. The summed E-state index contributed by atoms with van der Waals surface area (Å²) in [6, 6.07) is 8.61. The first-order chi connectivity index (χ1) is 12.9. The molecule has 2 aliphatic carbocycles. The van der Waals surface area contributed by atoms with Crippen LogP contribution in [0.4, 0.5) is 5.69 Å². The number of anilines is 1. The number of nitrogens with zero attached hydrogens (tertiary/aromatic N) is 2. The molecule has 4 rings (SSSR count). The second-order valence-electron chi connectivity index (χ2n) is 7.83. The van der Waals surface area contributed by atoms with E-state index in [2.05, 4.69) is 35.8 Å². The average molecular weight is 328 g/mol. The van der Waals surface area contributed by atoms with Gasteiger partial charge in [-0.2, -0.15) is 0 Å². The third-order valence-electron chi connectivity index (χ3n) is 6.35. The molecule has 0 radical (unpaired) electrons. The smallest absolute Gasteiger partial charge is 0.103 e. The van der Waals surface area contributed by atoms with Crippen molar-refractivity contribution in [2.45, 2.75) is 84.3 Å². The van der Waals surface area contributed by atoms with Gasteiger partial charge in [0.05, 0.1) is 0 Å². The Labute approximate surface area is 151 Å². The van der Waals surface area contributed by atoms with Crippen LogP contribution < -0.4 is 4.90 Å². The predicted octanol–water partition coefficient (Wildman–Crippen LogP) is 5.83. The normalized spacial score (nSPS) is 28.6. The Kier molecular flexibility index (Phi) is 3.46. The highest BCUT2D eigenvalue weighted by atomic mass is 15.4. The average Bonchev–Trinajstić information content (AvgIpc) is 3.34. The third-order valence-corrected chi connectivity index (χ3v) is 6.35. The maximum Gasteiger partial charge on any atom is 0.103 e. The van der Waals surface area contributed by atoms with Crippen molar-refractivity contribution in [2.24, 2.45) is 5.92 Å². The van der Waals surface area contributed by atoms with Gasteiger partial charge in [0.15, 0.2) is 0 Å². The molecule has 0 saturated heterocycles. The molecule has 130 valence electrons. The van der Waals surface area contributed by atoms with Crippen molar-refractivity contribution in [3.05, 3.63) is 41.2 Å². The minimum Gasteiger partial charge on any atom is -0.350 e. The van der Waals surface area contributed by atoms with E-state index in [-0.39, 0.29) is 0 Å². The summed E-state index contributed by atoms with van der Waals surface area (Å²) in [5, 5.41) is 0. The highest BCUT2D eigenvalue weighted by Gasteiger charge is 2.42. The summed E-state index contributed by atoms with van der Waals surface area (Å²) in [6.45, 7) is 2.20. The van der Waals surface area contributed by atoms with Crippen LogP contribution in [0.2, 0.25) is 0 Å². The van der Waals surface area contributed by atoms with Crippen LogP contribution in [0.5, 0.6) is 0 Å². The van der Waals surface area contributed by atoms with Crippen molar-refractivity contribution in [1.82, 2.24) is 4.90 Å². The Hall–Kier alpha value is -1.44. The van der Waals surface area contributed by atoms with Crippen molar-refractivity contribution in [1.29, 1.82) is 0 Å². The van der Waals surface area contributed by atoms with E-state index in [1.54, 1.807) is 0 Å². The van der Waals surface area contributed by atoms with Crippen LogP contribution in [0.1, 0.15) is 74.8 Å². The Morgan fingerprint density at radius 3 is 2.29 bits per heavy atom. The second kappa shape index (κ2) is 6.46. The van der Waals surface area contributed by atoms with Crippen LogP contribution in [0.15, 0.2) is 35.7 Å². The lowest BCUT2D eigenvalue weighted by Gasteiger charge is -2.38. The first-order valence-electron chi connectivity index (χ1n) is 11.2. The summed E-state index contributed by atoms with van der Waals surface area (Å²) in [7, 11) is 0. The molecule has 1 unspecified atom stereocenters. The summed E-state index contributed by atoms with van der Waals surface area (Å²) < 4.78 is 25.3. The number of hydrogen-bond acceptors (Lipinski definition) is 2. The van der Waals surface area contributed by atoms with Crippen molar-refractivity contribution in [2.75, 3.05) is 4.90 Å². The van der Waals surface area contributed by atoms with Crippen molar-refractivity contribution in [3.63, 3.8) is 0 Å². The minimum absolute atomic E-state index is 0.370. The first kappa shape index (κ1) is 12.9. The standard InChI is InChI=1S/C22H32N2/c1-16-10-4-9-15-21(16)23-17(2)22(19-11-5-6-12-19)24(18(23)3)20-13-7-8-14-20/h4,9-10,15,18-20H,5-8,11-14H2,1-3H3/i3D3. The molecule has 24 heavy (non-hydrogen) atoms. The number of rotatable bonds is 3. The van der Waals surface area contributed by atoms with Gasteiger partial charge in [-0.3, -0.25) is 0 Å². The highest BCUT2D eigenvalue weighted by molar-refractivity contribution is 5.60. The molecule has 1 heterocycles. The molecule has 2 heteroatoms. The Morgan fingerprint density at radius 1 is 0.958 bits per heavy atom. The number of hydrogen-bond donors (Lipinski definition) is 0. The van der Waals surface area contributed by atoms with Crippen LogP contribution in [0.25, 0.3) is 0 Å². The molecule has 0 amide bonds. The van der Waals surface area contributed by atoms with E-state index in [4.69, 9.17) is 4.11 Å². The maximum absolute atomic E-state index is 8.45. The lowest BCUT2D eigenvalue weighted by molar-refractivity contribution is 0.196. The zero-order chi connectivity index (χ0) is 19.2. The van der Waals surface area contributed by atoms with Crippen LogP contribution in [0.3, 0.4) is 0 Å². The SMILES string of the molecule is [2H]C([2H])([2H])C1N(c2ccccc2C)C(C)=C(C2CCCC2)N1C1CCCC1. The van der Waals surface area contributed by atoms with E-state index in [0.717, 1.165) is 24.1 Å². The van der Waals surface area contributed by atoms with Crippen LogP contribution >= 0.6 is 0 Å². The molecular formula is C22H32N2. The molecule has 1 aromatic carbocycles. The predicted molar refractivity (Wildman–Crippen MR) is 102 cm³/mol. The molecule has 2 saturated carbocycles. The first-order valence-corrected chi connectivity index (χ1v) is 9.73. The van der Waals surface area contributed by atoms with Gasteiger partial charge in [-0.25, -0.2) is 0 Å². The quantitative estimate of drug-likeness (QED) is 0.689. The fourth-order valence-electron chi connectivity index (χ4n) is 5.18. The van der Waals surface area contributed by atoms with Gasteiger partial charge in [-0.15, -0.1) is 0 Å². The molecule has 0 bridgehead atoms. The largest absolute Gasteiger partial charge is 0.350 e. The number of aryl methyl sites for hydroxylation is 1. The van der Waals surface area contributed by atoms with Crippen molar-refractivity contribution < 1.29 is 4.11 Å². The van der Waals surface area contributed by atoms with Crippen molar-refractivity contribution in [3.8, 4) is 0 Å². The molecule has 1 atom stereocenters. The molecule has 3 aliphatic rings. The molecule has 0 N–H and O–H groups in total. The van der Waals surface area contributed by atoms with Gasteiger partial charge in [0, 0.05) is 33.2 Å². The Morgan fingerprint density at radius 2 is 1.62 bits per heavy atom. The van der Waals surface area contributed by atoms with Gasteiger partial charge < -0.3 is 9.80 Å².